The number of hydrogen-bond acceptors (Lipinski definition) is 5. The molecule has 0 bridgehead atoms. The van der Waals surface area contributed by atoms with Crippen LogP contribution < -0.4 is 5.73 Å². The van der Waals surface area contributed by atoms with Gasteiger partial charge in [0.1, 0.15) is 11.9 Å². The van der Waals surface area contributed by atoms with Crippen molar-refractivity contribution in [2.45, 2.75) is 15.8 Å². The zero-order chi connectivity index (χ0) is 14.1. The maximum absolute atomic E-state index is 13.7. The highest BCUT2D eigenvalue weighted by Gasteiger charge is 2.22. The van der Waals surface area contributed by atoms with Gasteiger partial charge in [-0.3, -0.25) is 4.79 Å². The Labute approximate surface area is 108 Å². The lowest BCUT2D eigenvalue weighted by molar-refractivity contribution is -0.138. The van der Waals surface area contributed by atoms with E-state index >= 15 is 0 Å². The largest absolute Gasteiger partial charge is 0.480 e. The Hall–Kier alpha value is -1.12. The molecule has 0 amide bonds. The summed E-state index contributed by atoms with van der Waals surface area (Å²) in [6.45, 7) is 0. The standard InChI is InChI=1S/C10H12FNO4S2/c1-17-9-6(11)3-5(8(12)10(13)14)4-7(9)18(2,15)16/h3-4,8H,12H2,1-2H3,(H,13,14). The Morgan fingerprint density at radius 3 is 2.44 bits per heavy atom. The normalized spacial score (nSPS) is 13.3. The molecule has 0 aromatic heterocycles. The van der Waals surface area contributed by atoms with E-state index in [-0.39, 0.29) is 15.4 Å². The van der Waals surface area contributed by atoms with Gasteiger partial charge in [-0.15, -0.1) is 11.8 Å². The van der Waals surface area contributed by atoms with Crippen LogP contribution in [0.4, 0.5) is 4.39 Å². The molecule has 0 heterocycles. The molecule has 1 atom stereocenters. The van der Waals surface area contributed by atoms with Crippen molar-refractivity contribution in [1.29, 1.82) is 0 Å². The van der Waals surface area contributed by atoms with Crippen LogP contribution in [0.1, 0.15) is 11.6 Å². The second kappa shape index (κ2) is 5.25. The monoisotopic (exact) mass is 293 g/mol. The summed E-state index contributed by atoms with van der Waals surface area (Å²) in [6, 6.07) is 0.582. The molecular weight excluding hydrogens is 281 g/mol. The Kier molecular flexibility index (Phi) is 4.36. The molecule has 5 nitrogen and oxygen atoms in total. The highest BCUT2D eigenvalue weighted by molar-refractivity contribution is 7.99. The number of thioether (sulfide) groups is 1. The summed E-state index contributed by atoms with van der Waals surface area (Å²) in [4.78, 5) is 10.4. The first-order valence-corrected chi connectivity index (χ1v) is 7.86. The molecule has 0 aliphatic carbocycles. The third-order valence-electron chi connectivity index (χ3n) is 2.26. The maximum atomic E-state index is 13.7. The van der Waals surface area contributed by atoms with Crippen LogP contribution >= 0.6 is 11.8 Å². The van der Waals surface area contributed by atoms with Crippen molar-refractivity contribution in [2.24, 2.45) is 5.73 Å². The third kappa shape index (κ3) is 3.01. The molecule has 0 aliphatic rings. The molecule has 1 aromatic carbocycles. The van der Waals surface area contributed by atoms with Crippen LogP contribution in [-0.4, -0.2) is 32.0 Å². The number of nitrogens with two attached hydrogens (primary N) is 1. The van der Waals surface area contributed by atoms with Crippen LogP contribution in [-0.2, 0) is 14.6 Å². The first kappa shape index (κ1) is 14.9. The van der Waals surface area contributed by atoms with Crippen LogP contribution in [0.15, 0.2) is 21.9 Å². The average molecular weight is 293 g/mol. The topological polar surface area (TPSA) is 97.5 Å². The minimum Gasteiger partial charge on any atom is -0.480 e. The zero-order valence-corrected chi connectivity index (χ0v) is 11.3. The van der Waals surface area contributed by atoms with Gasteiger partial charge < -0.3 is 10.8 Å². The maximum Gasteiger partial charge on any atom is 0.325 e. The molecule has 0 aliphatic heterocycles. The molecule has 0 fully saturated rings. The van der Waals surface area contributed by atoms with Crippen molar-refractivity contribution in [3.63, 3.8) is 0 Å². The molecular formula is C10H12FNO4S2. The van der Waals surface area contributed by atoms with Gasteiger partial charge in [0.05, 0.1) is 9.79 Å². The fraction of sp³-hybridized carbons (Fsp3) is 0.300. The average Bonchev–Trinajstić information content (AvgIpc) is 2.25. The Morgan fingerprint density at radius 1 is 1.50 bits per heavy atom. The van der Waals surface area contributed by atoms with E-state index < -0.39 is 27.7 Å². The molecule has 0 saturated heterocycles. The van der Waals surface area contributed by atoms with Crippen LogP contribution in [0.5, 0.6) is 0 Å². The number of carboxylic acid groups (broad SMARTS) is 1. The van der Waals surface area contributed by atoms with Gasteiger partial charge in [0.2, 0.25) is 0 Å². The summed E-state index contributed by atoms with van der Waals surface area (Å²) in [6.07, 6.45) is 2.46. The molecule has 8 heteroatoms. The van der Waals surface area contributed by atoms with Gasteiger partial charge in [0, 0.05) is 6.26 Å². The summed E-state index contributed by atoms with van der Waals surface area (Å²) in [5, 5.41) is 8.74. The van der Waals surface area contributed by atoms with Gasteiger partial charge in [-0.2, -0.15) is 0 Å². The van der Waals surface area contributed by atoms with E-state index in [0.717, 1.165) is 30.2 Å². The van der Waals surface area contributed by atoms with Crippen molar-refractivity contribution in [2.75, 3.05) is 12.5 Å². The summed E-state index contributed by atoms with van der Waals surface area (Å²) >= 11 is 0.935. The SMILES string of the molecule is CSc1c(F)cc(C(N)C(=O)O)cc1S(C)(=O)=O. The number of carboxylic acids is 1. The first-order valence-electron chi connectivity index (χ1n) is 4.74. The predicted molar refractivity (Wildman–Crippen MR) is 65.9 cm³/mol. The number of rotatable bonds is 4. The van der Waals surface area contributed by atoms with E-state index in [1.165, 1.54) is 6.26 Å². The molecule has 1 rings (SSSR count). The fourth-order valence-corrected chi connectivity index (χ4v) is 3.39. The molecule has 1 aromatic rings. The van der Waals surface area contributed by atoms with Crippen molar-refractivity contribution < 1.29 is 22.7 Å². The Bertz CT molecular complexity index is 586. The van der Waals surface area contributed by atoms with Crippen molar-refractivity contribution in [1.82, 2.24) is 0 Å². The van der Waals surface area contributed by atoms with Crippen molar-refractivity contribution in [3.05, 3.63) is 23.5 Å². The molecule has 0 radical (unpaired) electrons. The molecule has 1 unspecified atom stereocenters. The number of carbonyl (C=O) groups is 1. The highest BCUT2D eigenvalue weighted by atomic mass is 32.2. The van der Waals surface area contributed by atoms with E-state index in [1.54, 1.807) is 0 Å². The summed E-state index contributed by atoms with van der Waals surface area (Å²) in [5.74, 6) is -2.15. The lowest BCUT2D eigenvalue weighted by atomic mass is 10.1. The summed E-state index contributed by atoms with van der Waals surface area (Å²) < 4.78 is 36.8. The molecule has 0 spiro atoms. The van der Waals surface area contributed by atoms with Crippen LogP contribution in [0.2, 0.25) is 0 Å². The number of aliphatic carboxylic acids is 1. The first-order chi connectivity index (χ1) is 8.18. The van der Waals surface area contributed by atoms with Gasteiger partial charge in [-0.25, -0.2) is 12.8 Å². The van der Waals surface area contributed by atoms with Gasteiger partial charge in [-0.05, 0) is 24.0 Å². The quantitative estimate of drug-likeness (QED) is 0.805. The number of halogens is 1. The van der Waals surface area contributed by atoms with Crippen LogP contribution in [0.3, 0.4) is 0 Å². The number of hydrogen-bond donors (Lipinski definition) is 2. The zero-order valence-electron chi connectivity index (χ0n) is 9.68. The van der Waals surface area contributed by atoms with E-state index in [1.807, 2.05) is 0 Å². The van der Waals surface area contributed by atoms with E-state index in [2.05, 4.69) is 0 Å². The minimum absolute atomic E-state index is 0.0427. The van der Waals surface area contributed by atoms with E-state index in [9.17, 15) is 17.6 Å². The third-order valence-corrected chi connectivity index (χ3v) is 4.33. The lowest BCUT2D eigenvalue weighted by Gasteiger charge is -2.12. The lowest BCUT2D eigenvalue weighted by Crippen LogP contribution is -2.21. The molecule has 100 valence electrons. The van der Waals surface area contributed by atoms with Crippen molar-refractivity contribution >= 4 is 27.6 Å². The molecule has 18 heavy (non-hydrogen) atoms. The minimum atomic E-state index is -3.66. The van der Waals surface area contributed by atoms with E-state index in [0.29, 0.717) is 0 Å². The fourth-order valence-electron chi connectivity index (χ4n) is 1.38. The Morgan fingerprint density at radius 2 is 2.06 bits per heavy atom. The highest BCUT2D eigenvalue weighted by Crippen LogP contribution is 2.30. The van der Waals surface area contributed by atoms with Gasteiger partial charge in [0.25, 0.3) is 0 Å². The molecule has 0 saturated carbocycles. The smallest absolute Gasteiger partial charge is 0.325 e. The van der Waals surface area contributed by atoms with Crippen molar-refractivity contribution in [3.8, 4) is 0 Å². The van der Waals surface area contributed by atoms with Gasteiger partial charge in [0.15, 0.2) is 9.84 Å². The van der Waals surface area contributed by atoms with Crippen LogP contribution in [0, 0.1) is 5.82 Å². The van der Waals surface area contributed by atoms with Gasteiger partial charge in [-0.1, -0.05) is 0 Å². The predicted octanol–water partition coefficient (Wildman–Crippen LogP) is 1.04. The summed E-state index contributed by atoms with van der Waals surface area (Å²) in [5.41, 5.74) is 5.26. The Balaban J connectivity index is 3.55. The van der Waals surface area contributed by atoms with E-state index in [4.69, 9.17) is 10.8 Å². The second-order valence-corrected chi connectivity index (χ2v) is 6.42. The molecule has 3 N–H and O–H groups in total. The summed E-state index contributed by atoms with van der Waals surface area (Å²) in [7, 11) is -3.66. The van der Waals surface area contributed by atoms with Crippen LogP contribution in [0.25, 0.3) is 0 Å². The van der Waals surface area contributed by atoms with Gasteiger partial charge >= 0.3 is 5.97 Å². The second-order valence-electron chi connectivity index (χ2n) is 3.62. The number of sulfone groups is 1. The number of benzene rings is 1.